The van der Waals surface area contributed by atoms with Gasteiger partial charge in [-0.25, -0.2) is 4.79 Å². The van der Waals surface area contributed by atoms with E-state index in [1.165, 1.54) is 24.5 Å². The number of hydrogen-bond acceptors (Lipinski definition) is 6. The molecule has 1 aromatic carbocycles. The number of ether oxygens (including phenoxy) is 2. The molecule has 0 aliphatic carbocycles. The monoisotopic (exact) mass is 418 g/mol. The number of nitrogens with one attached hydrogen (secondary N) is 1. The van der Waals surface area contributed by atoms with Gasteiger partial charge in [-0.3, -0.25) is 4.79 Å². The van der Waals surface area contributed by atoms with E-state index >= 15 is 0 Å². The first-order chi connectivity index (χ1) is 13.3. The molecule has 8 heteroatoms. The van der Waals surface area contributed by atoms with Crippen molar-refractivity contribution < 1.29 is 19.1 Å². The van der Waals surface area contributed by atoms with Gasteiger partial charge >= 0.3 is 5.97 Å². The lowest BCUT2D eigenvalue weighted by atomic mass is 10.1. The fraction of sp³-hybridized carbons (Fsp3) is 0.250. The molecule has 1 aromatic heterocycles. The quantitative estimate of drug-likeness (QED) is 0.415. The summed E-state index contributed by atoms with van der Waals surface area (Å²) in [5, 5.41) is 12.9. The number of halogens is 1. The van der Waals surface area contributed by atoms with Crippen molar-refractivity contribution in [1.29, 1.82) is 5.26 Å². The van der Waals surface area contributed by atoms with E-state index in [4.69, 9.17) is 21.1 Å². The van der Waals surface area contributed by atoms with Gasteiger partial charge in [0.2, 0.25) is 0 Å². The first-order valence-corrected chi connectivity index (χ1v) is 9.55. The zero-order valence-electron chi connectivity index (χ0n) is 15.9. The van der Waals surface area contributed by atoms with Crippen LogP contribution < -0.4 is 10.1 Å². The van der Waals surface area contributed by atoms with Crippen LogP contribution in [-0.2, 0) is 9.53 Å². The lowest BCUT2D eigenvalue weighted by Crippen LogP contribution is -2.16. The SMILES string of the molecule is CCOC(=O)c1c(NC(=O)/C(C#N)=C/c2cc(Cl)ccc2OC)sc(C)c1C. The standard InChI is InChI=1S/C20H19ClN2O4S/c1-5-27-20(25)17-11(2)12(3)28-19(17)23-18(24)14(10-22)8-13-9-15(21)6-7-16(13)26-4/h6-9H,5H2,1-4H3,(H,23,24)/b14-8+. The number of anilines is 1. The van der Waals surface area contributed by atoms with E-state index in [0.717, 1.165) is 10.4 Å². The third kappa shape index (κ3) is 4.71. The van der Waals surface area contributed by atoms with E-state index in [2.05, 4.69) is 5.32 Å². The fourth-order valence-corrected chi connectivity index (χ4v) is 3.68. The molecule has 0 atom stereocenters. The van der Waals surface area contributed by atoms with Crippen LogP contribution in [0.2, 0.25) is 5.02 Å². The lowest BCUT2D eigenvalue weighted by Gasteiger charge is -2.08. The molecule has 6 nitrogen and oxygen atoms in total. The minimum Gasteiger partial charge on any atom is -0.496 e. The third-order valence-electron chi connectivity index (χ3n) is 3.95. The molecule has 0 radical (unpaired) electrons. The molecule has 0 aliphatic heterocycles. The van der Waals surface area contributed by atoms with Gasteiger partial charge in [0.15, 0.2) is 0 Å². The van der Waals surface area contributed by atoms with Gasteiger partial charge in [0, 0.05) is 15.5 Å². The number of aryl methyl sites for hydroxylation is 1. The molecule has 1 N–H and O–H groups in total. The van der Waals surface area contributed by atoms with E-state index in [0.29, 0.717) is 26.9 Å². The number of thiophene rings is 1. The maximum atomic E-state index is 12.7. The fourth-order valence-electron chi connectivity index (χ4n) is 2.46. The molecule has 2 aromatic rings. The van der Waals surface area contributed by atoms with Crippen molar-refractivity contribution >= 4 is 45.9 Å². The minimum absolute atomic E-state index is 0.154. The Balaban J connectivity index is 2.39. The predicted molar refractivity (Wildman–Crippen MR) is 110 cm³/mol. The van der Waals surface area contributed by atoms with Crippen LogP contribution in [0.3, 0.4) is 0 Å². The average Bonchev–Trinajstić information content (AvgIpc) is 2.93. The Kier molecular flexibility index (Phi) is 7.21. The number of amides is 1. The number of nitrogens with zero attached hydrogens (tertiary/aromatic N) is 1. The van der Waals surface area contributed by atoms with E-state index in [1.807, 2.05) is 13.0 Å². The number of rotatable bonds is 6. The highest BCUT2D eigenvalue weighted by Crippen LogP contribution is 2.33. The largest absolute Gasteiger partial charge is 0.496 e. The smallest absolute Gasteiger partial charge is 0.341 e. The summed E-state index contributed by atoms with van der Waals surface area (Å²) in [5.41, 5.74) is 1.37. The zero-order chi connectivity index (χ0) is 20.8. The molecule has 146 valence electrons. The van der Waals surface area contributed by atoms with E-state index in [-0.39, 0.29) is 12.2 Å². The van der Waals surface area contributed by atoms with Crippen LogP contribution in [0.15, 0.2) is 23.8 Å². The molecule has 1 heterocycles. The van der Waals surface area contributed by atoms with Crippen LogP contribution in [0, 0.1) is 25.2 Å². The minimum atomic E-state index is -0.642. The molecule has 28 heavy (non-hydrogen) atoms. The zero-order valence-corrected chi connectivity index (χ0v) is 17.5. The van der Waals surface area contributed by atoms with Crippen LogP contribution in [0.4, 0.5) is 5.00 Å². The molecule has 0 bridgehead atoms. The Morgan fingerprint density at radius 1 is 1.36 bits per heavy atom. The Morgan fingerprint density at radius 2 is 2.07 bits per heavy atom. The first kappa shape index (κ1) is 21.5. The van der Waals surface area contributed by atoms with Crippen molar-refractivity contribution in [3.63, 3.8) is 0 Å². The number of esters is 1. The molecule has 1 amide bonds. The second kappa shape index (κ2) is 9.40. The molecular formula is C20H19ClN2O4S. The molecular weight excluding hydrogens is 400 g/mol. The van der Waals surface area contributed by atoms with Gasteiger partial charge in [0.05, 0.1) is 19.3 Å². The number of benzene rings is 1. The van der Waals surface area contributed by atoms with E-state index < -0.39 is 11.9 Å². The lowest BCUT2D eigenvalue weighted by molar-refractivity contribution is -0.112. The van der Waals surface area contributed by atoms with Crippen LogP contribution in [-0.4, -0.2) is 25.6 Å². The van der Waals surface area contributed by atoms with Crippen molar-refractivity contribution in [2.75, 3.05) is 19.0 Å². The van der Waals surface area contributed by atoms with Gasteiger partial charge < -0.3 is 14.8 Å². The summed E-state index contributed by atoms with van der Waals surface area (Å²) in [6.07, 6.45) is 1.39. The molecule has 0 spiro atoms. The molecule has 0 fully saturated rings. The van der Waals surface area contributed by atoms with Gasteiger partial charge in [-0.1, -0.05) is 11.6 Å². The van der Waals surface area contributed by atoms with Crippen LogP contribution in [0.1, 0.15) is 33.3 Å². The van der Waals surface area contributed by atoms with E-state index in [9.17, 15) is 14.9 Å². The normalized spacial score (nSPS) is 10.9. The number of nitriles is 1. The Bertz CT molecular complexity index is 989. The van der Waals surface area contributed by atoms with Crippen LogP contribution >= 0.6 is 22.9 Å². The summed E-state index contributed by atoms with van der Waals surface area (Å²) < 4.78 is 10.3. The van der Waals surface area contributed by atoms with Gasteiger partial charge in [0.25, 0.3) is 5.91 Å². The maximum Gasteiger partial charge on any atom is 0.341 e. The van der Waals surface area contributed by atoms with Gasteiger partial charge in [-0.05, 0) is 50.6 Å². The average molecular weight is 419 g/mol. The second-order valence-corrected chi connectivity index (χ2v) is 7.38. The second-order valence-electron chi connectivity index (χ2n) is 5.72. The summed E-state index contributed by atoms with van der Waals surface area (Å²) in [4.78, 5) is 25.8. The maximum absolute atomic E-state index is 12.7. The van der Waals surface area contributed by atoms with Crippen molar-refractivity contribution in [3.05, 3.63) is 50.4 Å². The Hall–Kier alpha value is -2.82. The third-order valence-corrected chi connectivity index (χ3v) is 5.31. The van der Waals surface area contributed by atoms with Gasteiger partial charge in [-0.15, -0.1) is 11.3 Å². The highest BCUT2D eigenvalue weighted by molar-refractivity contribution is 7.16. The molecule has 0 saturated carbocycles. The van der Waals surface area contributed by atoms with Crippen molar-refractivity contribution in [2.45, 2.75) is 20.8 Å². The Morgan fingerprint density at radius 3 is 2.68 bits per heavy atom. The molecule has 0 unspecified atom stereocenters. The number of methoxy groups -OCH3 is 1. The van der Waals surface area contributed by atoms with Gasteiger partial charge in [0.1, 0.15) is 22.4 Å². The van der Waals surface area contributed by atoms with Crippen LogP contribution in [0.25, 0.3) is 6.08 Å². The first-order valence-electron chi connectivity index (χ1n) is 8.36. The Labute approximate surface area is 172 Å². The predicted octanol–water partition coefficient (Wildman–Crippen LogP) is 4.75. The highest BCUT2D eigenvalue weighted by Gasteiger charge is 2.23. The van der Waals surface area contributed by atoms with Crippen LogP contribution in [0.5, 0.6) is 5.75 Å². The van der Waals surface area contributed by atoms with Gasteiger partial charge in [-0.2, -0.15) is 5.26 Å². The summed E-state index contributed by atoms with van der Waals surface area (Å²) in [7, 11) is 1.48. The van der Waals surface area contributed by atoms with Crippen molar-refractivity contribution in [1.82, 2.24) is 0 Å². The summed E-state index contributed by atoms with van der Waals surface area (Å²) >= 11 is 7.25. The summed E-state index contributed by atoms with van der Waals surface area (Å²) in [6, 6.07) is 6.76. The summed E-state index contributed by atoms with van der Waals surface area (Å²) in [5.74, 6) is -0.685. The van der Waals surface area contributed by atoms with E-state index in [1.54, 1.807) is 32.0 Å². The highest BCUT2D eigenvalue weighted by atomic mass is 35.5. The molecule has 2 rings (SSSR count). The van der Waals surface area contributed by atoms with Crippen molar-refractivity contribution in [2.24, 2.45) is 0 Å². The molecule has 0 saturated heterocycles. The molecule has 0 aliphatic rings. The number of hydrogen-bond donors (Lipinski definition) is 1. The summed E-state index contributed by atoms with van der Waals surface area (Å²) in [6.45, 7) is 5.56. The number of carbonyl (C=O) groups is 2. The topological polar surface area (TPSA) is 88.4 Å². The number of carbonyl (C=O) groups excluding carboxylic acids is 2. The van der Waals surface area contributed by atoms with Crippen molar-refractivity contribution in [3.8, 4) is 11.8 Å².